The first-order valence-corrected chi connectivity index (χ1v) is 6.34. The molecule has 1 saturated carbocycles. The van der Waals surface area contributed by atoms with Crippen LogP contribution in [0, 0.1) is 5.92 Å². The van der Waals surface area contributed by atoms with E-state index in [1.165, 1.54) is 19.3 Å². The van der Waals surface area contributed by atoms with Crippen molar-refractivity contribution in [1.82, 2.24) is 4.90 Å². The van der Waals surface area contributed by atoms with E-state index in [9.17, 15) is 5.11 Å². The smallest absolute Gasteiger partial charge is 0.0695 e. The van der Waals surface area contributed by atoms with Gasteiger partial charge in [0.05, 0.1) is 6.10 Å². The van der Waals surface area contributed by atoms with Crippen molar-refractivity contribution in [3.05, 3.63) is 0 Å². The van der Waals surface area contributed by atoms with Gasteiger partial charge in [0, 0.05) is 19.2 Å². The third-order valence-corrected chi connectivity index (χ3v) is 4.00. The second-order valence-corrected chi connectivity index (χ2v) is 5.08. The predicted molar refractivity (Wildman–Crippen MR) is 59.6 cm³/mol. The number of aliphatic hydroxyl groups excluding tert-OH is 2. The molecule has 1 heterocycles. The van der Waals surface area contributed by atoms with E-state index in [-0.39, 0.29) is 6.10 Å². The fourth-order valence-corrected chi connectivity index (χ4v) is 3.16. The van der Waals surface area contributed by atoms with Gasteiger partial charge in [-0.15, -0.1) is 0 Å². The van der Waals surface area contributed by atoms with Crippen LogP contribution in [0.25, 0.3) is 0 Å². The highest BCUT2D eigenvalue weighted by Gasteiger charge is 2.33. The van der Waals surface area contributed by atoms with Crippen molar-refractivity contribution in [1.29, 1.82) is 0 Å². The molecule has 0 aromatic carbocycles. The lowest BCUT2D eigenvalue weighted by atomic mass is 9.93. The monoisotopic (exact) mass is 213 g/mol. The summed E-state index contributed by atoms with van der Waals surface area (Å²) in [5.74, 6) is 0.650. The number of nitrogens with zero attached hydrogens (tertiary/aromatic N) is 1. The van der Waals surface area contributed by atoms with Gasteiger partial charge < -0.3 is 10.2 Å². The molecule has 0 radical (unpaired) electrons. The molecule has 2 fully saturated rings. The highest BCUT2D eigenvalue weighted by atomic mass is 16.3. The van der Waals surface area contributed by atoms with E-state index in [0.717, 1.165) is 32.4 Å². The molecule has 2 rings (SSSR count). The Balaban J connectivity index is 1.86. The molecule has 3 heteroatoms. The number of rotatable bonds is 3. The maximum atomic E-state index is 9.87. The number of aliphatic hydroxyl groups is 2. The first-order valence-electron chi connectivity index (χ1n) is 6.34. The van der Waals surface area contributed by atoms with E-state index in [1.807, 2.05) is 0 Å². The van der Waals surface area contributed by atoms with Crippen LogP contribution in [0.2, 0.25) is 0 Å². The summed E-state index contributed by atoms with van der Waals surface area (Å²) in [7, 11) is 0. The molecular weight excluding hydrogens is 190 g/mol. The SMILES string of the molecule is OCCC1CCCN([C@@H]2CCC[C@H]2O)C1. The molecule has 0 spiro atoms. The van der Waals surface area contributed by atoms with Gasteiger partial charge in [-0.25, -0.2) is 0 Å². The van der Waals surface area contributed by atoms with Crippen molar-refractivity contribution < 1.29 is 10.2 Å². The second-order valence-electron chi connectivity index (χ2n) is 5.08. The quantitative estimate of drug-likeness (QED) is 0.735. The number of hydrogen-bond acceptors (Lipinski definition) is 3. The van der Waals surface area contributed by atoms with Gasteiger partial charge in [0.1, 0.15) is 0 Å². The van der Waals surface area contributed by atoms with Crippen LogP contribution in [0.15, 0.2) is 0 Å². The zero-order valence-corrected chi connectivity index (χ0v) is 9.44. The molecule has 0 amide bonds. The van der Waals surface area contributed by atoms with E-state index in [2.05, 4.69) is 4.90 Å². The molecule has 15 heavy (non-hydrogen) atoms. The molecule has 2 aliphatic rings. The summed E-state index contributed by atoms with van der Waals surface area (Å²) < 4.78 is 0. The van der Waals surface area contributed by atoms with Crippen molar-refractivity contribution in [2.45, 2.75) is 50.7 Å². The van der Waals surface area contributed by atoms with Gasteiger partial charge in [-0.05, 0) is 51.0 Å². The van der Waals surface area contributed by atoms with Crippen LogP contribution in [0.3, 0.4) is 0 Å². The third kappa shape index (κ3) is 2.71. The van der Waals surface area contributed by atoms with Crippen LogP contribution in [0.1, 0.15) is 38.5 Å². The number of piperidine rings is 1. The number of hydrogen-bond donors (Lipinski definition) is 2. The Morgan fingerprint density at radius 2 is 2.00 bits per heavy atom. The van der Waals surface area contributed by atoms with Crippen LogP contribution in [-0.4, -0.2) is 47.0 Å². The maximum absolute atomic E-state index is 9.87. The van der Waals surface area contributed by atoms with Crippen molar-refractivity contribution in [2.75, 3.05) is 19.7 Å². The Labute approximate surface area is 92.1 Å². The van der Waals surface area contributed by atoms with Gasteiger partial charge in [0.25, 0.3) is 0 Å². The van der Waals surface area contributed by atoms with Gasteiger partial charge in [0.2, 0.25) is 0 Å². The predicted octanol–water partition coefficient (Wildman–Crippen LogP) is 0.994. The van der Waals surface area contributed by atoms with Crippen molar-refractivity contribution in [2.24, 2.45) is 5.92 Å². The van der Waals surface area contributed by atoms with Gasteiger partial charge in [0.15, 0.2) is 0 Å². The Morgan fingerprint density at radius 3 is 2.67 bits per heavy atom. The molecule has 3 atom stereocenters. The summed E-state index contributed by atoms with van der Waals surface area (Å²) in [5.41, 5.74) is 0. The highest BCUT2D eigenvalue weighted by Crippen LogP contribution is 2.29. The molecule has 0 bridgehead atoms. The van der Waals surface area contributed by atoms with Crippen molar-refractivity contribution in [3.8, 4) is 0 Å². The largest absolute Gasteiger partial charge is 0.396 e. The first-order chi connectivity index (χ1) is 7.31. The Kier molecular flexibility index (Phi) is 4.00. The van der Waals surface area contributed by atoms with Gasteiger partial charge in [-0.3, -0.25) is 4.90 Å². The minimum atomic E-state index is -0.0992. The van der Waals surface area contributed by atoms with E-state index in [4.69, 9.17) is 5.11 Å². The van der Waals surface area contributed by atoms with Gasteiger partial charge in [-0.2, -0.15) is 0 Å². The fourth-order valence-electron chi connectivity index (χ4n) is 3.16. The minimum Gasteiger partial charge on any atom is -0.396 e. The van der Waals surface area contributed by atoms with Crippen LogP contribution >= 0.6 is 0 Å². The molecule has 0 aromatic rings. The summed E-state index contributed by atoms with van der Waals surface area (Å²) >= 11 is 0. The molecular formula is C12H23NO2. The summed E-state index contributed by atoms with van der Waals surface area (Å²) in [6, 6.07) is 0.409. The Morgan fingerprint density at radius 1 is 1.13 bits per heavy atom. The topological polar surface area (TPSA) is 43.7 Å². The average Bonchev–Trinajstić information content (AvgIpc) is 2.65. The van der Waals surface area contributed by atoms with Crippen LogP contribution in [0.4, 0.5) is 0 Å². The molecule has 3 nitrogen and oxygen atoms in total. The van der Waals surface area contributed by atoms with Gasteiger partial charge >= 0.3 is 0 Å². The Bertz CT molecular complexity index is 196. The summed E-state index contributed by atoms with van der Waals surface area (Å²) in [5, 5.41) is 18.8. The second kappa shape index (κ2) is 5.28. The van der Waals surface area contributed by atoms with E-state index in [0.29, 0.717) is 18.6 Å². The molecule has 1 aliphatic heterocycles. The molecule has 1 aliphatic carbocycles. The summed E-state index contributed by atoms with van der Waals surface area (Å²) in [4.78, 5) is 2.46. The lowest BCUT2D eigenvalue weighted by Gasteiger charge is -2.38. The maximum Gasteiger partial charge on any atom is 0.0695 e. The molecule has 1 saturated heterocycles. The minimum absolute atomic E-state index is 0.0992. The molecule has 2 N–H and O–H groups in total. The molecule has 88 valence electrons. The normalized spacial score (nSPS) is 38.4. The van der Waals surface area contributed by atoms with Gasteiger partial charge in [-0.1, -0.05) is 0 Å². The lowest BCUT2D eigenvalue weighted by molar-refractivity contribution is 0.0389. The van der Waals surface area contributed by atoms with E-state index < -0.39 is 0 Å². The third-order valence-electron chi connectivity index (χ3n) is 4.00. The fraction of sp³-hybridized carbons (Fsp3) is 1.00. The molecule has 1 unspecified atom stereocenters. The highest BCUT2D eigenvalue weighted by molar-refractivity contribution is 4.87. The van der Waals surface area contributed by atoms with E-state index >= 15 is 0 Å². The number of likely N-dealkylation sites (tertiary alicyclic amines) is 1. The zero-order valence-electron chi connectivity index (χ0n) is 9.44. The Hall–Kier alpha value is -0.120. The van der Waals surface area contributed by atoms with Crippen LogP contribution in [0.5, 0.6) is 0 Å². The zero-order chi connectivity index (χ0) is 10.7. The van der Waals surface area contributed by atoms with Crippen molar-refractivity contribution in [3.63, 3.8) is 0 Å². The average molecular weight is 213 g/mol. The first kappa shape index (κ1) is 11.4. The van der Waals surface area contributed by atoms with Crippen molar-refractivity contribution >= 4 is 0 Å². The lowest BCUT2D eigenvalue weighted by Crippen LogP contribution is -2.46. The summed E-state index contributed by atoms with van der Waals surface area (Å²) in [6.07, 6.45) is 6.62. The van der Waals surface area contributed by atoms with Crippen LogP contribution < -0.4 is 0 Å². The summed E-state index contributed by atoms with van der Waals surface area (Å²) in [6.45, 7) is 2.54. The standard InChI is InChI=1S/C12H23NO2/c14-8-6-10-3-2-7-13(9-10)11-4-1-5-12(11)15/h10-12,14-15H,1-9H2/t10?,11-,12-/m1/s1. The van der Waals surface area contributed by atoms with E-state index in [1.54, 1.807) is 0 Å². The van der Waals surface area contributed by atoms with Crippen LogP contribution in [-0.2, 0) is 0 Å². The molecule has 0 aromatic heterocycles.